The highest BCUT2D eigenvalue weighted by molar-refractivity contribution is 5.89. The number of benzene rings is 4. The molecule has 0 unspecified atom stereocenters. The van der Waals surface area contributed by atoms with E-state index >= 15 is 0 Å². The van der Waals surface area contributed by atoms with Crippen molar-refractivity contribution in [3.8, 4) is 11.5 Å². The topological polar surface area (TPSA) is 47.6 Å². The Morgan fingerprint density at radius 3 is 2.03 bits per heavy atom. The van der Waals surface area contributed by atoms with Gasteiger partial charge < -0.3 is 14.8 Å². The van der Waals surface area contributed by atoms with Crippen LogP contribution >= 0.6 is 0 Å². The summed E-state index contributed by atoms with van der Waals surface area (Å²) in [5.74, 6) is 1.41. The van der Waals surface area contributed by atoms with Crippen LogP contribution in [0.15, 0.2) is 84.9 Å². The van der Waals surface area contributed by atoms with Gasteiger partial charge in [0.1, 0.15) is 18.1 Å². The summed E-state index contributed by atoms with van der Waals surface area (Å²) < 4.78 is 12.0. The molecule has 1 atom stereocenters. The fraction of sp³-hybridized carbons (Fsp3) is 0.192. The van der Waals surface area contributed by atoms with Crippen LogP contribution in [0.5, 0.6) is 11.5 Å². The number of carbonyl (C=O) groups excluding carboxylic acids is 1. The quantitative estimate of drug-likeness (QED) is 0.407. The van der Waals surface area contributed by atoms with Crippen molar-refractivity contribution in [2.45, 2.75) is 19.4 Å². The van der Waals surface area contributed by atoms with E-state index in [-0.39, 0.29) is 5.91 Å². The maximum Gasteiger partial charge on any atom is 0.261 e. The molecule has 4 aromatic carbocycles. The smallest absolute Gasteiger partial charge is 0.261 e. The number of nitrogens with one attached hydrogen (secondary N) is 1. The van der Waals surface area contributed by atoms with Crippen LogP contribution in [0.2, 0.25) is 0 Å². The van der Waals surface area contributed by atoms with Crippen LogP contribution in [0.4, 0.5) is 0 Å². The molecular formula is C26H25NO3. The molecule has 0 fully saturated rings. The molecule has 152 valence electrons. The average molecular weight is 399 g/mol. The summed E-state index contributed by atoms with van der Waals surface area (Å²) in [5, 5.41) is 7.23. The highest BCUT2D eigenvalue weighted by Crippen LogP contribution is 2.27. The first-order valence-electron chi connectivity index (χ1n) is 10.3. The lowest BCUT2D eigenvalue weighted by atomic mass is 10.1. The van der Waals surface area contributed by atoms with Gasteiger partial charge in [0, 0.05) is 10.8 Å². The van der Waals surface area contributed by atoms with Gasteiger partial charge in [-0.1, -0.05) is 79.7 Å². The highest BCUT2D eigenvalue weighted by Gasteiger charge is 2.19. The van der Waals surface area contributed by atoms with E-state index in [0.717, 1.165) is 33.0 Å². The van der Waals surface area contributed by atoms with Crippen LogP contribution < -0.4 is 14.8 Å². The van der Waals surface area contributed by atoms with Crippen molar-refractivity contribution in [3.63, 3.8) is 0 Å². The lowest BCUT2D eigenvalue weighted by Crippen LogP contribution is -2.39. The number of hydrogen-bond acceptors (Lipinski definition) is 3. The normalized spacial score (nSPS) is 11.9. The molecule has 0 aliphatic heterocycles. The molecule has 0 aliphatic carbocycles. The maximum atomic E-state index is 12.6. The lowest BCUT2D eigenvalue weighted by Gasteiger charge is -2.18. The van der Waals surface area contributed by atoms with Crippen molar-refractivity contribution < 1.29 is 14.3 Å². The van der Waals surface area contributed by atoms with E-state index in [4.69, 9.17) is 9.47 Å². The molecule has 0 saturated heterocycles. The summed E-state index contributed by atoms with van der Waals surface area (Å²) in [6.45, 7) is 2.75. The molecule has 0 bridgehead atoms. The summed E-state index contributed by atoms with van der Waals surface area (Å²) in [7, 11) is 0. The van der Waals surface area contributed by atoms with Crippen LogP contribution in [0.1, 0.15) is 13.3 Å². The van der Waals surface area contributed by atoms with Crippen molar-refractivity contribution in [2.24, 2.45) is 0 Å². The van der Waals surface area contributed by atoms with Crippen LogP contribution in [-0.2, 0) is 4.79 Å². The molecule has 0 heterocycles. The van der Waals surface area contributed by atoms with Crippen LogP contribution in [0.3, 0.4) is 0 Å². The van der Waals surface area contributed by atoms with Gasteiger partial charge in [-0.2, -0.15) is 0 Å². The summed E-state index contributed by atoms with van der Waals surface area (Å²) in [6, 6.07) is 28.0. The van der Waals surface area contributed by atoms with E-state index in [1.54, 1.807) is 0 Å². The minimum absolute atomic E-state index is 0.132. The van der Waals surface area contributed by atoms with E-state index < -0.39 is 6.10 Å². The SMILES string of the molecule is CC[C@@H](Oc1cccc2ccccc12)C(=O)NCCOc1cccc2ccccc12. The first-order valence-corrected chi connectivity index (χ1v) is 10.3. The van der Waals surface area contributed by atoms with E-state index in [0.29, 0.717) is 19.6 Å². The molecule has 4 aromatic rings. The number of ether oxygens (including phenoxy) is 2. The molecule has 0 aromatic heterocycles. The average Bonchev–Trinajstić information content (AvgIpc) is 2.80. The van der Waals surface area contributed by atoms with E-state index in [1.807, 2.05) is 79.7 Å². The predicted octanol–water partition coefficient (Wildman–Crippen LogP) is 5.35. The molecule has 0 radical (unpaired) electrons. The van der Waals surface area contributed by atoms with Crippen molar-refractivity contribution in [1.82, 2.24) is 5.32 Å². The highest BCUT2D eigenvalue weighted by atomic mass is 16.5. The molecule has 4 nitrogen and oxygen atoms in total. The van der Waals surface area contributed by atoms with Gasteiger partial charge in [-0.25, -0.2) is 0 Å². The van der Waals surface area contributed by atoms with Gasteiger partial charge in [-0.05, 0) is 29.3 Å². The summed E-state index contributed by atoms with van der Waals surface area (Å²) >= 11 is 0. The van der Waals surface area contributed by atoms with Gasteiger partial charge in [-0.3, -0.25) is 4.79 Å². The summed E-state index contributed by atoms with van der Waals surface area (Å²) in [5.41, 5.74) is 0. The largest absolute Gasteiger partial charge is 0.491 e. The maximum absolute atomic E-state index is 12.6. The second-order valence-electron chi connectivity index (χ2n) is 7.11. The predicted molar refractivity (Wildman–Crippen MR) is 121 cm³/mol. The molecule has 1 amide bonds. The summed E-state index contributed by atoms with van der Waals surface area (Å²) in [4.78, 5) is 12.6. The van der Waals surface area contributed by atoms with E-state index in [1.165, 1.54) is 0 Å². The van der Waals surface area contributed by atoms with Crippen LogP contribution in [-0.4, -0.2) is 25.2 Å². The molecule has 0 spiro atoms. The third-order valence-electron chi connectivity index (χ3n) is 5.09. The molecule has 30 heavy (non-hydrogen) atoms. The number of fused-ring (bicyclic) bond motifs is 2. The molecule has 0 saturated carbocycles. The monoisotopic (exact) mass is 399 g/mol. The van der Waals surface area contributed by atoms with Gasteiger partial charge >= 0.3 is 0 Å². The molecular weight excluding hydrogens is 374 g/mol. The third kappa shape index (κ3) is 4.38. The zero-order valence-electron chi connectivity index (χ0n) is 17.0. The lowest BCUT2D eigenvalue weighted by molar-refractivity contribution is -0.128. The van der Waals surface area contributed by atoms with Gasteiger partial charge in [0.15, 0.2) is 6.10 Å². The minimum Gasteiger partial charge on any atom is -0.491 e. The first-order chi connectivity index (χ1) is 14.8. The Labute approximate surface area is 176 Å². The Morgan fingerprint density at radius 2 is 1.37 bits per heavy atom. The van der Waals surface area contributed by atoms with Gasteiger partial charge in [0.2, 0.25) is 0 Å². The van der Waals surface area contributed by atoms with Crippen molar-refractivity contribution >= 4 is 27.5 Å². The van der Waals surface area contributed by atoms with Crippen LogP contribution in [0, 0.1) is 0 Å². The minimum atomic E-state index is -0.548. The Hall–Kier alpha value is -3.53. The standard InChI is InChI=1S/C26H25NO3/c1-2-23(30-25-16-8-12-20-10-4-6-14-22(20)25)26(28)27-17-18-29-24-15-7-11-19-9-3-5-13-21(19)24/h3-16,23H,2,17-18H2,1H3,(H,27,28)/t23-/m1/s1. The number of amides is 1. The molecule has 1 N–H and O–H groups in total. The zero-order valence-corrected chi connectivity index (χ0v) is 17.0. The Kier molecular flexibility index (Phi) is 6.14. The van der Waals surface area contributed by atoms with E-state index in [9.17, 15) is 4.79 Å². The fourth-order valence-corrected chi connectivity index (χ4v) is 3.54. The van der Waals surface area contributed by atoms with Crippen LogP contribution in [0.25, 0.3) is 21.5 Å². The molecule has 4 heteroatoms. The van der Waals surface area contributed by atoms with Crippen molar-refractivity contribution in [3.05, 3.63) is 84.9 Å². The second-order valence-corrected chi connectivity index (χ2v) is 7.11. The number of hydrogen-bond donors (Lipinski definition) is 1. The van der Waals surface area contributed by atoms with Crippen molar-refractivity contribution in [2.75, 3.05) is 13.2 Å². The fourth-order valence-electron chi connectivity index (χ4n) is 3.54. The third-order valence-corrected chi connectivity index (χ3v) is 5.09. The summed E-state index contributed by atoms with van der Waals surface area (Å²) in [6.07, 6.45) is 0.0348. The van der Waals surface area contributed by atoms with Gasteiger partial charge in [0.25, 0.3) is 5.91 Å². The Balaban J connectivity index is 1.34. The number of rotatable bonds is 8. The molecule has 4 rings (SSSR count). The van der Waals surface area contributed by atoms with E-state index in [2.05, 4.69) is 17.4 Å². The first kappa shape index (κ1) is 19.8. The van der Waals surface area contributed by atoms with Gasteiger partial charge in [0.05, 0.1) is 6.54 Å². The Morgan fingerprint density at radius 1 is 0.800 bits per heavy atom. The zero-order chi connectivity index (χ0) is 20.8. The van der Waals surface area contributed by atoms with Crippen molar-refractivity contribution in [1.29, 1.82) is 0 Å². The van der Waals surface area contributed by atoms with Gasteiger partial charge in [-0.15, -0.1) is 0 Å². The molecule has 0 aliphatic rings. The second kappa shape index (κ2) is 9.31. The Bertz CT molecular complexity index is 1140. The number of carbonyl (C=O) groups is 1.